The fraction of sp³-hybridized carbons (Fsp3) is 0.455. The van der Waals surface area contributed by atoms with E-state index in [1.165, 1.54) is 18.1 Å². The Morgan fingerprint density at radius 1 is 1.20 bits per heavy atom. The zero-order valence-electron chi connectivity index (χ0n) is 26.5. The Morgan fingerprint density at radius 3 is 2.64 bits per heavy atom. The van der Waals surface area contributed by atoms with E-state index >= 15 is 0 Å². The molecule has 0 bridgehead atoms. The molecule has 0 saturated carbocycles. The van der Waals surface area contributed by atoms with E-state index in [0.29, 0.717) is 62.1 Å². The van der Waals surface area contributed by atoms with Gasteiger partial charge >= 0.3 is 6.09 Å². The predicted octanol–water partition coefficient (Wildman–Crippen LogP) is 5.91. The molecule has 2 aromatic carbocycles. The molecule has 2 atom stereocenters. The van der Waals surface area contributed by atoms with Crippen molar-refractivity contribution in [1.82, 2.24) is 19.7 Å². The van der Waals surface area contributed by atoms with Gasteiger partial charge in [0.25, 0.3) is 5.56 Å². The molecule has 1 unspecified atom stereocenters. The molecule has 0 spiro atoms. The van der Waals surface area contributed by atoms with E-state index in [2.05, 4.69) is 29.7 Å². The number of rotatable bonds is 11. The normalized spacial score (nSPS) is 15.8. The highest BCUT2D eigenvalue weighted by Gasteiger charge is 2.32. The van der Waals surface area contributed by atoms with Gasteiger partial charge < -0.3 is 24.1 Å². The molecule has 10 nitrogen and oxygen atoms in total. The number of aromatic amines is 1. The van der Waals surface area contributed by atoms with Crippen LogP contribution in [0.4, 0.5) is 9.18 Å². The van der Waals surface area contributed by atoms with Crippen LogP contribution in [0.15, 0.2) is 47.4 Å². The van der Waals surface area contributed by atoms with Crippen LogP contribution >= 0.6 is 0 Å². The molecule has 0 radical (unpaired) electrons. The van der Waals surface area contributed by atoms with Crippen molar-refractivity contribution in [2.45, 2.75) is 70.3 Å². The molecule has 240 valence electrons. The summed E-state index contributed by atoms with van der Waals surface area (Å²) >= 11 is 0. The van der Waals surface area contributed by atoms with Crippen LogP contribution in [-0.2, 0) is 25.7 Å². The van der Waals surface area contributed by atoms with Crippen molar-refractivity contribution in [3.63, 3.8) is 0 Å². The van der Waals surface area contributed by atoms with Crippen LogP contribution in [0.5, 0.6) is 0 Å². The number of piperidine rings is 1. The minimum Gasteiger partial charge on any atom is -0.435 e. The van der Waals surface area contributed by atoms with Gasteiger partial charge in [-0.05, 0) is 61.1 Å². The number of ether oxygens (including phenoxy) is 3. The minimum atomic E-state index is -1.19. The number of nitrogens with one attached hydrogen (secondary N) is 1. The van der Waals surface area contributed by atoms with Crippen LogP contribution in [0.3, 0.4) is 0 Å². The Labute approximate surface area is 262 Å². The Kier molecular flexibility index (Phi) is 9.85. The number of pyridine rings is 1. The maximum atomic E-state index is 14.1. The van der Waals surface area contributed by atoms with Crippen LogP contribution < -0.4 is 5.56 Å². The van der Waals surface area contributed by atoms with Gasteiger partial charge in [0.15, 0.2) is 12.4 Å². The van der Waals surface area contributed by atoms with E-state index < -0.39 is 32.2 Å². The summed E-state index contributed by atoms with van der Waals surface area (Å²) < 4.78 is 33.1. The Hall–Kier alpha value is -3.87. The summed E-state index contributed by atoms with van der Waals surface area (Å²) in [5.74, 6) is -0.574. The maximum Gasteiger partial charge on any atom is 0.410 e. The molecule has 45 heavy (non-hydrogen) atoms. The second-order valence-electron chi connectivity index (χ2n) is 12.9. The third-order valence-electron chi connectivity index (χ3n) is 8.42. The zero-order valence-corrected chi connectivity index (χ0v) is 27.5. The van der Waals surface area contributed by atoms with Crippen molar-refractivity contribution in [2.24, 2.45) is 0 Å². The number of amides is 1. The van der Waals surface area contributed by atoms with E-state index in [4.69, 9.17) is 14.2 Å². The van der Waals surface area contributed by atoms with Gasteiger partial charge in [-0.2, -0.15) is 5.10 Å². The predicted molar refractivity (Wildman–Crippen MR) is 173 cm³/mol. The highest BCUT2D eigenvalue weighted by atomic mass is 28.3. The second kappa shape index (κ2) is 13.6. The standard InChI is InChI=1S/C33H41FN4O6Si/c1-21-15-24(17-28-26(21)18-38(36-28)20-43-13-14-45(3,4)5)31(42-2)29(19-39)44-33(41)37-11-9-22(10-12-37)25-16-23-7-6-8-27(34)30(23)35-32(25)40/h6-8,15-19,22,29,31H,9-14,20H2,1-5H3,(H,35,40)/t29?,31-/m0/s1. The van der Waals surface area contributed by atoms with E-state index in [1.54, 1.807) is 22.9 Å². The van der Waals surface area contributed by atoms with Crippen LogP contribution in [0, 0.1) is 12.7 Å². The summed E-state index contributed by atoms with van der Waals surface area (Å²) in [5.41, 5.74) is 2.77. The van der Waals surface area contributed by atoms with E-state index in [1.807, 2.05) is 25.3 Å². The average Bonchev–Trinajstić information content (AvgIpc) is 3.42. The number of carbonyl (C=O) groups excluding carboxylic acids is 2. The second-order valence-corrected chi connectivity index (χ2v) is 18.6. The third-order valence-corrected chi connectivity index (χ3v) is 10.1. The molecule has 1 N–H and O–H groups in total. The number of aldehydes is 1. The van der Waals surface area contributed by atoms with Gasteiger partial charge in [-0.25, -0.2) is 13.9 Å². The first-order valence-electron chi connectivity index (χ1n) is 15.3. The molecule has 1 fully saturated rings. The first-order chi connectivity index (χ1) is 21.5. The largest absolute Gasteiger partial charge is 0.435 e. The van der Waals surface area contributed by atoms with Gasteiger partial charge in [-0.15, -0.1) is 0 Å². The molecule has 1 aliphatic rings. The molecule has 3 heterocycles. The molecule has 2 aromatic heterocycles. The summed E-state index contributed by atoms with van der Waals surface area (Å²) in [6.45, 7) is 10.6. The highest BCUT2D eigenvalue weighted by Crippen LogP contribution is 2.31. The lowest BCUT2D eigenvalue weighted by Gasteiger charge is -2.32. The Balaban J connectivity index is 1.23. The average molecular weight is 637 g/mol. The van der Waals surface area contributed by atoms with E-state index in [9.17, 15) is 18.8 Å². The molecule has 12 heteroatoms. The number of carbonyl (C=O) groups is 2. The first kappa shape index (κ1) is 32.5. The van der Waals surface area contributed by atoms with Crippen molar-refractivity contribution in [2.75, 3.05) is 26.8 Å². The number of H-pyrrole nitrogens is 1. The smallest absolute Gasteiger partial charge is 0.410 e. The zero-order chi connectivity index (χ0) is 32.3. The monoisotopic (exact) mass is 636 g/mol. The lowest BCUT2D eigenvalue weighted by molar-refractivity contribution is -0.123. The summed E-state index contributed by atoms with van der Waals surface area (Å²) in [4.78, 5) is 42.3. The number of benzene rings is 2. The Morgan fingerprint density at radius 2 is 1.96 bits per heavy atom. The number of methoxy groups -OCH3 is 1. The van der Waals surface area contributed by atoms with Crippen LogP contribution in [0.1, 0.15) is 41.6 Å². The van der Waals surface area contributed by atoms with Gasteiger partial charge in [0.1, 0.15) is 18.7 Å². The number of halogens is 1. The topological polar surface area (TPSA) is 116 Å². The van der Waals surface area contributed by atoms with E-state index in [-0.39, 0.29) is 17.0 Å². The summed E-state index contributed by atoms with van der Waals surface area (Å²) in [6.07, 6.45) is 0.938. The molecule has 0 aliphatic carbocycles. The molecule has 1 amide bonds. The Bertz CT molecular complexity index is 1740. The van der Waals surface area contributed by atoms with Gasteiger partial charge in [0.2, 0.25) is 0 Å². The first-order valence-corrected chi connectivity index (χ1v) is 19.0. The van der Waals surface area contributed by atoms with Crippen LogP contribution in [0.2, 0.25) is 25.7 Å². The van der Waals surface area contributed by atoms with Crippen molar-refractivity contribution in [3.05, 3.63) is 75.5 Å². The summed E-state index contributed by atoms with van der Waals surface area (Å²) in [7, 11) is 0.284. The fourth-order valence-electron chi connectivity index (χ4n) is 5.84. The van der Waals surface area contributed by atoms with Gasteiger partial charge in [-0.1, -0.05) is 37.8 Å². The molecule has 1 aliphatic heterocycles. The van der Waals surface area contributed by atoms with Crippen molar-refractivity contribution in [1.29, 1.82) is 0 Å². The number of aryl methyl sites for hydroxylation is 1. The highest BCUT2D eigenvalue weighted by molar-refractivity contribution is 6.76. The maximum absolute atomic E-state index is 14.1. The SMILES string of the molecule is CO[C@@H](c1cc(C)c2cn(COCC[Si](C)(C)C)nc2c1)C(C=O)OC(=O)N1CCC(c2cc3cccc(F)c3[nH]c2=O)CC1. The van der Waals surface area contributed by atoms with Crippen molar-refractivity contribution < 1.29 is 28.2 Å². The van der Waals surface area contributed by atoms with Crippen LogP contribution in [0.25, 0.3) is 21.8 Å². The lowest BCUT2D eigenvalue weighted by atomic mass is 9.89. The lowest BCUT2D eigenvalue weighted by Crippen LogP contribution is -2.42. The molecule has 1 saturated heterocycles. The minimum absolute atomic E-state index is 0.0979. The molecule has 5 rings (SSSR count). The quantitative estimate of drug-likeness (QED) is 0.124. The van der Waals surface area contributed by atoms with Gasteiger partial charge in [0.05, 0.1) is 11.0 Å². The van der Waals surface area contributed by atoms with Gasteiger partial charge in [-0.3, -0.25) is 9.59 Å². The number of likely N-dealkylation sites (tertiary alicyclic amines) is 1. The van der Waals surface area contributed by atoms with E-state index in [0.717, 1.165) is 22.5 Å². The molecular formula is C33H41FN4O6Si. The van der Waals surface area contributed by atoms with Crippen LogP contribution in [-0.4, -0.2) is 73.0 Å². The van der Waals surface area contributed by atoms with Gasteiger partial charge in [0, 0.05) is 57.4 Å². The van der Waals surface area contributed by atoms with Crippen molar-refractivity contribution in [3.8, 4) is 0 Å². The number of aromatic nitrogens is 3. The number of hydrogen-bond donors (Lipinski definition) is 1. The van der Waals surface area contributed by atoms with Crippen molar-refractivity contribution >= 4 is 42.3 Å². The number of hydrogen-bond acceptors (Lipinski definition) is 7. The third kappa shape index (κ3) is 7.51. The summed E-state index contributed by atoms with van der Waals surface area (Å²) in [5, 5.41) is 6.24. The molecular weight excluding hydrogens is 595 g/mol. The fourth-order valence-corrected chi connectivity index (χ4v) is 6.60. The number of nitrogens with zero attached hydrogens (tertiary/aromatic N) is 3. The molecule has 4 aromatic rings. The number of fused-ring (bicyclic) bond motifs is 2. The number of para-hydroxylation sites is 1. The summed E-state index contributed by atoms with van der Waals surface area (Å²) in [6, 6.07) is 11.2.